The van der Waals surface area contributed by atoms with Gasteiger partial charge in [-0.1, -0.05) is 24.9 Å². The van der Waals surface area contributed by atoms with E-state index in [4.69, 9.17) is 17.3 Å². The zero-order chi connectivity index (χ0) is 16.4. The number of nitrogens with one attached hydrogen (secondary N) is 1. The van der Waals surface area contributed by atoms with Gasteiger partial charge in [0.05, 0.1) is 17.0 Å². The van der Waals surface area contributed by atoms with Crippen molar-refractivity contribution in [3.8, 4) is 0 Å². The van der Waals surface area contributed by atoms with Gasteiger partial charge in [-0.15, -0.1) is 11.3 Å². The Morgan fingerprint density at radius 1 is 1.50 bits per heavy atom. The number of aliphatic hydroxyl groups is 1. The molecule has 8 heteroatoms. The molecule has 0 amide bonds. The maximum absolute atomic E-state index is 12.4. The first-order valence-corrected chi connectivity index (χ1v) is 10.2. The first kappa shape index (κ1) is 18.2. The molecule has 0 aromatic carbocycles. The monoisotopic (exact) mass is 366 g/mol. The van der Waals surface area contributed by atoms with Crippen molar-refractivity contribution < 1.29 is 13.5 Å². The third-order valence-electron chi connectivity index (χ3n) is 4.60. The second kappa shape index (κ2) is 7.15. The number of hydrogen-bond acceptors (Lipinski definition) is 5. The number of halogens is 1. The molecule has 1 fully saturated rings. The predicted octanol–water partition coefficient (Wildman–Crippen LogP) is 2.34. The molecule has 0 unspecified atom stereocenters. The fourth-order valence-corrected chi connectivity index (χ4v) is 5.81. The molecule has 0 aliphatic heterocycles. The highest BCUT2D eigenvalue weighted by Gasteiger charge is 2.40. The predicted molar refractivity (Wildman–Crippen MR) is 89.7 cm³/mol. The molecular weight excluding hydrogens is 344 g/mol. The average Bonchev–Trinajstić information content (AvgIpc) is 2.93. The number of hydrogen-bond donors (Lipinski definition) is 3. The van der Waals surface area contributed by atoms with Crippen LogP contribution in [0, 0.1) is 5.92 Å². The van der Waals surface area contributed by atoms with Gasteiger partial charge in [0, 0.05) is 5.54 Å². The Kier molecular flexibility index (Phi) is 5.90. The Labute approximate surface area is 140 Å². The van der Waals surface area contributed by atoms with Crippen LogP contribution in [0.1, 0.15) is 39.0 Å². The van der Waals surface area contributed by atoms with Crippen molar-refractivity contribution in [1.29, 1.82) is 0 Å². The smallest absolute Gasteiger partial charge is 0.250 e. The highest BCUT2D eigenvalue weighted by molar-refractivity contribution is 7.91. The van der Waals surface area contributed by atoms with Crippen molar-refractivity contribution in [1.82, 2.24) is 4.72 Å². The van der Waals surface area contributed by atoms with Gasteiger partial charge >= 0.3 is 0 Å². The van der Waals surface area contributed by atoms with Gasteiger partial charge in [-0.05, 0) is 43.7 Å². The Hall–Kier alpha value is -0.180. The lowest BCUT2D eigenvalue weighted by atomic mass is 9.73. The van der Waals surface area contributed by atoms with E-state index < -0.39 is 21.6 Å². The summed E-state index contributed by atoms with van der Waals surface area (Å²) in [6, 6.07) is 2.32. The van der Waals surface area contributed by atoms with E-state index >= 15 is 0 Å². The first-order valence-electron chi connectivity index (χ1n) is 7.48. The van der Waals surface area contributed by atoms with E-state index in [0.717, 1.165) is 30.6 Å². The molecule has 0 radical (unpaired) electrons. The molecule has 0 spiro atoms. The van der Waals surface area contributed by atoms with Crippen LogP contribution in [0.5, 0.6) is 0 Å². The minimum atomic E-state index is -3.71. The molecule has 1 atom stereocenters. The summed E-state index contributed by atoms with van der Waals surface area (Å²) in [6.45, 7) is 1.84. The van der Waals surface area contributed by atoms with Crippen molar-refractivity contribution in [2.24, 2.45) is 11.7 Å². The molecule has 4 N–H and O–H groups in total. The van der Waals surface area contributed by atoms with E-state index in [1.165, 1.54) is 6.07 Å². The van der Waals surface area contributed by atoms with E-state index in [2.05, 4.69) is 11.6 Å². The second-order valence-corrected chi connectivity index (χ2v) is 9.66. The zero-order valence-electron chi connectivity index (χ0n) is 12.6. The Balaban J connectivity index is 2.12. The molecule has 2 rings (SSSR count). The van der Waals surface area contributed by atoms with Crippen molar-refractivity contribution in [2.75, 3.05) is 6.61 Å². The van der Waals surface area contributed by atoms with Gasteiger partial charge in [0.15, 0.2) is 0 Å². The molecule has 1 aliphatic rings. The molecule has 1 aromatic heterocycles. The van der Waals surface area contributed by atoms with E-state index in [-0.39, 0.29) is 10.8 Å². The summed E-state index contributed by atoms with van der Waals surface area (Å²) < 4.78 is 27.9. The lowest BCUT2D eigenvalue weighted by Crippen LogP contribution is -2.61. The lowest BCUT2D eigenvalue weighted by Gasteiger charge is -2.42. The summed E-state index contributed by atoms with van der Waals surface area (Å²) in [5.74, 6) is 0.642. The second-order valence-electron chi connectivity index (χ2n) is 6.00. The number of nitrogens with two attached hydrogens (primary N) is 1. The van der Waals surface area contributed by atoms with Crippen LogP contribution in [0.4, 0.5) is 0 Å². The quantitative estimate of drug-likeness (QED) is 0.720. The fourth-order valence-electron chi connectivity index (χ4n) is 3.00. The number of aliphatic hydroxyl groups excluding tert-OH is 1. The minimum Gasteiger partial charge on any atom is -0.395 e. The van der Waals surface area contributed by atoms with Gasteiger partial charge in [0.1, 0.15) is 4.21 Å². The number of rotatable bonds is 6. The first-order chi connectivity index (χ1) is 10.3. The Bertz CT molecular complexity index is 595. The van der Waals surface area contributed by atoms with Gasteiger partial charge in [-0.25, -0.2) is 13.1 Å². The van der Waals surface area contributed by atoms with E-state index in [1.54, 1.807) is 6.07 Å². The van der Waals surface area contributed by atoms with Crippen molar-refractivity contribution >= 4 is 33.0 Å². The van der Waals surface area contributed by atoms with Crippen LogP contribution >= 0.6 is 22.9 Å². The average molecular weight is 367 g/mol. The standard InChI is InChI=1S/C14H23ClN2O3S2/c1-2-10-5-7-14(16,8-6-10)11(9-18)17-22(19,20)13-4-3-12(15)21-13/h3-4,10-11,17-18H,2,5-9,16H2,1H3/t10?,11-,14?/m1/s1. The van der Waals surface area contributed by atoms with Gasteiger partial charge in [-0.3, -0.25) is 0 Å². The largest absolute Gasteiger partial charge is 0.395 e. The van der Waals surface area contributed by atoms with Crippen molar-refractivity contribution in [3.05, 3.63) is 16.5 Å². The SMILES string of the molecule is CCC1CCC(N)([C@@H](CO)NS(=O)(=O)c2ccc(Cl)s2)CC1. The lowest BCUT2D eigenvalue weighted by molar-refractivity contribution is 0.139. The number of thiophene rings is 1. The van der Waals surface area contributed by atoms with E-state index in [0.29, 0.717) is 23.1 Å². The molecule has 1 saturated carbocycles. The molecule has 126 valence electrons. The van der Waals surface area contributed by atoms with Gasteiger partial charge in [0.25, 0.3) is 0 Å². The zero-order valence-corrected chi connectivity index (χ0v) is 15.0. The van der Waals surface area contributed by atoms with Crippen LogP contribution in [-0.2, 0) is 10.0 Å². The summed E-state index contributed by atoms with van der Waals surface area (Å²) in [4.78, 5) is 0. The molecular formula is C14H23ClN2O3S2. The van der Waals surface area contributed by atoms with Crippen LogP contribution < -0.4 is 10.5 Å². The minimum absolute atomic E-state index is 0.141. The van der Waals surface area contributed by atoms with Crippen LogP contribution in [0.3, 0.4) is 0 Å². The van der Waals surface area contributed by atoms with Crippen molar-refractivity contribution in [3.63, 3.8) is 0 Å². The molecule has 1 heterocycles. The summed E-state index contributed by atoms with van der Waals surface area (Å²) in [7, 11) is -3.71. The van der Waals surface area contributed by atoms with Gasteiger partial charge < -0.3 is 10.8 Å². The maximum Gasteiger partial charge on any atom is 0.250 e. The Morgan fingerprint density at radius 3 is 2.59 bits per heavy atom. The molecule has 22 heavy (non-hydrogen) atoms. The van der Waals surface area contributed by atoms with Gasteiger partial charge in [0.2, 0.25) is 10.0 Å². The highest BCUT2D eigenvalue weighted by Crippen LogP contribution is 2.35. The summed E-state index contributed by atoms with van der Waals surface area (Å²) in [5.41, 5.74) is 5.71. The molecule has 5 nitrogen and oxygen atoms in total. The van der Waals surface area contributed by atoms with Crippen LogP contribution in [0.25, 0.3) is 0 Å². The van der Waals surface area contributed by atoms with Crippen LogP contribution in [0.15, 0.2) is 16.3 Å². The summed E-state index contributed by atoms with van der Waals surface area (Å²) >= 11 is 6.79. The third-order valence-corrected chi connectivity index (χ3v) is 7.80. The molecule has 0 saturated heterocycles. The normalized spacial score (nSPS) is 27.7. The Morgan fingerprint density at radius 2 is 2.14 bits per heavy atom. The van der Waals surface area contributed by atoms with Crippen molar-refractivity contribution in [2.45, 2.75) is 54.8 Å². The molecule has 0 bridgehead atoms. The highest BCUT2D eigenvalue weighted by atomic mass is 35.5. The maximum atomic E-state index is 12.4. The third kappa shape index (κ3) is 4.01. The van der Waals surface area contributed by atoms with Crippen LogP contribution in [-0.4, -0.2) is 31.7 Å². The molecule has 1 aliphatic carbocycles. The molecule has 1 aromatic rings. The summed E-state index contributed by atoms with van der Waals surface area (Å²) in [5, 5.41) is 9.65. The van der Waals surface area contributed by atoms with E-state index in [9.17, 15) is 13.5 Å². The summed E-state index contributed by atoms with van der Waals surface area (Å²) in [6.07, 6.45) is 4.47. The fraction of sp³-hybridized carbons (Fsp3) is 0.714. The topological polar surface area (TPSA) is 92.4 Å². The van der Waals surface area contributed by atoms with Gasteiger partial charge in [-0.2, -0.15) is 0 Å². The van der Waals surface area contributed by atoms with Crippen LogP contribution in [0.2, 0.25) is 4.34 Å². The van der Waals surface area contributed by atoms with E-state index in [1.807, 2.05) is 0 Å². The number of sulfonamides is 1.